The van der Waals surface area contributed by atoms with Crippen molar-refractivity contribution in [1.29, 1.82) is 0 Å². The largest absolute Gasteiger partial charge is 0.390 e. The molecular formula is C9H10BrF3N2. The van der Waals surface area contributed by atoms with E-state index in [1.165, 1.54) is 0 Å². The Morgan fingerprint density at radius 1 is 1.40 bits per heavy atom. The van der Waals surface area contributed by atoms with E-state index in [2.05, 4.69) is 26.2 Å². The molecule has 0 radical (unpaired) electrons. The summed E-state index contributed by atoms with van der Waals surface area (Å²) in [7, 11) is 0. The van der Waals surface area contributed by atoms with Crippen molar-refractivity contribution < 1.29 is 13.2 Å². The van der Waals surface area contributed by atoms with Crippen LogP contribution in [0.1, 0.15) is 12.1 Å². The van der Waals surface area contributed by atoms with Crippen molar-refractivity contribution in [2.75, 3.05) is 6.54 Å². The van der Waals surface area contributed by atoms with Gasteiger partial charge in [-0.1, -0.05) is 15.9 Å². The van der Waals surface area contributed by atoms with Gasteiger partial charge >= 0.3 is 6.18 Å². The van der Waals surface area contributed by atoms with Crippen LogP contribution in [0.2, 0.25) is 0 Å². The summed E-state index contributed by atoms with van der Waals surface area (Å²) >= 11 is 3.26. The second kappa shape index (κ2) is 5.46. The lowest BCUT2D eigenvalue weighted by atomic mass is 10.3. The molecule has 0 saturated heterocycles. The molecule has 1 aromatic rings. The molecule has 15 heavy (non-hydrogen) atoms. The van der Waals surface area contributed by atoms with E-state index in [0.29, 0.717) is 12.2 Å². The zero-order chi connectivity index (χ0) is 11.3. The Balaban J connectivity index is 2.26. The number of nitrogens with one attached hydrogen (secondary N) is 1. The number of hydrogen-bond acceptors (Lipinski definition) is 2. The average molecular weight is 283 g/mol. The molecule has 0 unspecified atom stereocenters. The van der Waals surface area contributed by atoms with Crippen LogP contribution in [0.4, 0.5) is 13.2 Å². The molecule has 6 heteroatoms. The van der Waals surface area contributed by atoms with Gasteiger partial charge in [0.2, 0.25) is 0 Å². The molecule has 0 atom stereocenters. The molecule has 0 amide bonds. The van der Waals surface area contributed by atoms with Crippen molar-refractivity contribution >= 4 is 15.9 Å². The Labute approximate surface area is 94.0 Å². The maximum Gasteiger partial charge on any atom is 0.390 e. The Bertz CT molecular complexity index is 314. The highest BCUT2D eigenvalue weighted by Gasteiger charge is 2.25. The third kappa shape index (κ3) is 5.74. The van der Waals surface area contributed by atoms with Crippen molar-refractivity contribution in [3.8, 4) is 0 Å². The van der Waals surface area contributed by atoms with Crippen molar-refractivity contribution in [2.24, 2.45) is 0 Å². The third-order valence-corrected chi connectivity index (χ3v) is 2.16. The van der Waals surface area contributed by atoms with Crippen LogP contribution in [-0.2, 0) is 6.54 Å². The predicted octanol–water partition coefficient (Wildman–Crippen LogP) is 2.89. The Hall–Kier alpha value is -0.620. The molecular weight excluding hydrogens is 273 g/mol. The second-order valence-electron chi connectivity index (χ2n) is 3.01. The average Bonchev–Trinajstić information content (AvgIpc) is 2.11. The number of hydrogen-bond donors (Lipinski definition) is 1. The highest BCUT2D eigenvalue weighted by atomic mass is 79.9. The highest BCUT2D eigenvalue weighted by molar-refractivity contribution is 9.10. The molecule has 0 aliphatic rings. The van der Waals surface area contributed by atoms with Crippen LogP contribution in [0.25, 0.3) is 0 Å². The monoisotopic (exact) mass is 282 g/mol. The maximum atomic E-state index is 11.8. The first-order valence-corrected chi connectivity index (χ1v) is 5.14. The van der Waals surface area contributed by atoms with E-state index in [-0.39, 0.29) is 6.54 Å². The molecule has 0 aromatic carbocycles. The van der Waals surface area contributed by atoms with E-state index in [4.69, 9.17) is 0 Å². The lowest BCUT2D eigenvalue weighted by Crippen LogP contribution is -2.21. The summed E-state index contributed by atoms with van der Waals surface area (Å²) in [5.74, 6) is 0. The lowest BCUT2D eigenvalue weighted by Gasteiger charge is -2.07. The Morgan fingerprint density at radius 2 is 2.13 bits per heavy atom. The fraction of sp³-hybridized carbons (Fsp3) is 0.444. The van der Waals surface area contributed by atoms with E-state index >= 15 is 0 Å². The van der Waals surface area contributed by atoms with Crippen molar-refractivity contribution in [3.05, 3.63) is 28.5 Å². The van der Waals surface area contributed by atoms with Gasteiger partial charge in [0.25, 0.3) is 0 Å². The Morgan fingerprint density at radius 3 is 2.73 bits per heavy atom. The van der Waals surface area contributed by atoms with E-state index in [9.17, 15) is 13.2 Å². The fourth-order valence-corrected chi connectivity index (χ4v) is 1.37. The molecule has 0 spiro atoms. The van der Waals surface area contributed by atoms with Gasteiger partial charge in [0.1, 0.15) is 0 Å². The van der Waals surface area contributed by atoms with E-state index in [1.54, 1.807) is 18.3 Å². The van der Waals surface area contributed by atoms with Gasteiger partial charge in [-0.05, 0) is 12.1 Å². The molecule has 1 N–H and O–H groups in total. The predicted molar refractivity (Wildman–Crippen MR) is 54.3 cm³/mol. The molecule has 2 nitrogen and oxygen atoms in total. The van der Waals surface area contributed by atoms with E-state index in [1.807, 2.05) is 0 Å². The zero-order valence-electron chi connectivity index (χ0n) is 7.81. The number of rotatable bonds is 4. The summed E-state index contributed by atoms with van der Waals surface area (Å²) in [6.45, 7) is 0.257. The fourth-order valence-electron chi connectivity index (χ4n) is 0.992. The van der Waals surface area contributed by atoms with Crippen LogP contribution in [0.15, 0.2) is 22.8 Å². The first-order valence-electron chi connectivity index (χ1n) is 4.35. The number of halogens is 4. The summed E-state index contributed by atoms with van der Waals surface area (Å²) in [6, 6.07) is 3.53. The molecule has 0 saturated carbocycles. The molecule has 1 aromatic heterocycles. The maximum absolute atomic E-state index is 11.8. The van der Waals surface area contributed by atoms with Gasteiger partial charge in [0.05, 0.1) is 12.1 Å². The van der Waals surface area contributed by atoms with Gasteiger partial charge in [0, 0.05) is 23.8 Å². The standard InChI is InChI=1S/C9H10BrF3N2/c10-7-1-3-15-8(5-7)6-14-4-2-9(11,12)13/h1,3,5,14H,2,4,6H2. The first-order chi connectivity index (χ1) is 6.97. The van der Waals surface area contributed by atoms with Crippen LogP contribution < -0.4 is 5.32 Å². The minimum Gasteiger partial charge on any atom is -0.311 e. The van der Waals surface area contributed by atoms with Gasteiger partial charge < -0.3 is 5.32 Å². The number of aromatic nitrogens is 1. The summed E-state index contributed by atoms with van der Waals surface area (Å²) in [5, 5.41) is 2.68. The summed E-state index contributed by atoms with van der Waals surface area (Å²) < 4.78 is 36.2. The highest BCUT2D eigenvalue weighted by Crippen LogP contribution is 2.18. The molecule has 1 rings (SSSR count). The van der Waals surface area contributed by atoms with Crippen LogP contribution in [0.5, 0.6) is 0 Å². The lowest BCUT2D eigenvalue weighted by molar-refractivity contribution is -0.133. The van der Waals surface area contributed by atoms with Gasteiger partial charge in [0.15, 0.2) is 0 Å². The summed E-state index contributed by atoms with van der Waals surface area (Å²) in [5.41, 5.74) is 0.714. The molecule has 0 aliphatic heterocycles. The number of pyridine rings is 1. The summed E-state index contributed by atoms with van der Waals surface area (Å²) in [4.78, 5) is 4.00. The molecule has 0 aliphatic carbocycles. The SMILES string of the molecule is FC(F)(F)CCNCc1cc(Br)ccn1. The number of alkyl halides is 3. The van der Waals surface area contributed by atoms with Crippen LogP contribution in [0, 0.1) is 0 Å². The van der Waals surface area contributed by atoms with Crippen LogP contribution >= 0.6 is 15.9 Å². The number of nitrogens with zero attached hydrogens (tertiary/aromatic N) is 1. The van der Waals surface area contributed by atoms with Crippen molar-refractivity contribution in [2.45, 2.75) is 19.1 Å². The van der Waals surface area contributed by atoms with Crippen molar-refractivity contribution in [3.63, 3.8) is 0 Å². The first kappa shape index (κ1) is 12.4. The molecule has 0 bridgehead atoms. The third-order valence-electron chi connectivity index (χ3n) is 1.67. The van der Waals surface area contributed by atoms with Gasteiger partial charge in [-0.2, -0.15) is 13.2 Å². The van der Waals surface area contributed by atoms with Gasteiger partial charge in [-0.25, -0.2) is 0 Å². The van der Waals surface area contributed by atoms with E-state index < -0.39 is 12.6 Å². The molecule has 1 heterocycles. The van der Waals surface area contributed by atoms with Crippen molar-refractivity contribution in [1.82, 2.24) is 10.3 Å². The smallest absolute Gasteiger partial charge is 0.311 e. The van der Waals surface area contributed by atoms with E-state index in [0.717, 1.165) is 4.47 Å². The minimum atomic E-state index is -4.10. The topological polar surface area (TPSA) is 24.9 Å². The van der Waals surface area contributed by atoms with Gasteiger partial charge in [-0.15, -0.1) is 0 Å². The normalized spacial score (nSPS) is 11.7. The zero-order valence-corrected chi connectivity index (χ0v) is 9.40. The quantitative estimate of drug-likeness (QED) is 0.859. The summed E-state index contributed by atoms with van der Waals surface area (Å²) in [6.07, 6.45) is -3.32. The van der Waals surface area contributed by atoms with Crippen LogP contribution in [-0.4, -0.2) is 17.7 Å². The second-order valence-corrected chi connectivity index (χ2v) is 3.92. The minimum absolute atomic E-state index is 0.0856. The Kier molecular flexibility index (Phi) is 4.53. The van der Waals surface area contributed by atoms with Gasteiger partial charge in [-0.3, -0.25) is 4.98 Å². The molecule has 84 valence electrons. The van der Waals surface area contributed by atoms with Crippen LogP contribution in [0.3, 0.4) is 0 Å². The molecule has 0 fully saturated rings.